The van der Waals surface area contributed by atoms with Crippen molar-refractivity contribution in [2.75, 3.05) is 79.1 Å². The van der Waals surface area contributed by atoms with E-state index in [1.54, 1.807) is 6.92 Å². The molecule has 0 heterocycles. The molecule has 2 N–H and O–H groups in total. The molecule has 0 aliphatic heterocycles. The second-order valence-electron chi connectivity index (χ2n) is 8.83. The zero-order chi connectivity index (χ0) is 24.2. The summed E-state index contributed by atoms with van der Waals surface area (Å²) in [6, 6.07) is 0. The first-order chi connectivity index (χ1) is 16.2. The highest BCUT2D eigenvalue weighted by Gasteiger charge is 2.05. The monoisotopic (exact) mass is 477 g/mol. The van der Waals surface area contributed by atoms with Crippen LogP contribution < -0.4 is 0 Å². The first-order valence-corrected chi connectivity index (χ1v) is 13.5. The fourth-order valence-electron chi connectivity index (χ4n) is 3.51. The van der Waals surface area contributed by atoms with E-state index in [2.05, 4.69) is 11.8 Å². The normalized spacial score (nSPS) is 12.6. The molecule has 0 saturated heterocycles. The van der Waals surface area contributed by atoms with Gasteiger partial charge in [0.2, 0.25) is 0 Å². The van der Waals surface area contributed by atoms with Crippen LogP contribution in [0.5, 0.6) is 0 Å². The molecule has 1 unspecified atom stereocenters. The van der Waals surface area contributed by atoms with Gasteiger partial charge in [-0.2, -0.15) is 0 Å². The van der Waals surface area contributed by atoms with Gasteiger partial charge >= 0.3 is 0 Å². The van der Waals surface area contributed by atoms with Crippen LogP contribution in [0, 0.1) is 0 Å². The first-order valence-electron chi connectivity index (χ1n) is 13.5. The summed E-state index contributed by atoms with van der Waals surface area (Å²) in [5, 5.41) is 17.9. The number of unbranched alkanes of at least 4 members (excludes halogenated alkanes) is 9. The fraction of sp³-hybridized carbons (Fsp3) is 1.00. The van der Waals surface area contributed by atoms with Gasteiger partial charge in [-0.25, -0.2) is 0 Å². The zero-order valence-electron chi connectivity index (χ0n) is 21.8. The second kappa shape index (κ2) is 28.0. The largest absolute Gasteiger partial charge is 0.394 e. The van der Waals surface area contributed by atoms with Gasteiger partial charge in [0.1, 0.15) is 0 Å². The van der Waals surface area contributed by atoms with Gasteiger partial charge in [-0.05, 0) is 26.3 Å². The van der Waals surface area contributed by atoms with Crippen molar-refractivity contribution in [3.05, 3.63) is 0 Å². The second-order valence-corrected chi connectivity index (χ2v) is 8.83. The van der Waals surface area contributed by atoms with Gasteiger partial charge in [-0.3, -0.25) is 4.90 Å². The summed E-state index contributed by atoms with van der Waals surface area (Å²) in [7, 11) is 0. The molecule has 0 rings (SSSR count). The summed E-state index contributed by atoms with van der Waals surface area (Å²) in [5.41, 5.74) is 0. The maximum Gasteiger partial charge on any atom is 0.0701 e. The molecule has 0 bridgehead atoms. The van der Waals surface area contributed by atoms with E-state index in [0.717, 1.165) is 19.6 Å². The Morgan fingerprint density at radius 1 is 0.576 bits per heavy atom. The number of aliphatic hydroxyl groups excluding tert-OH is 2. The Kier molecular flexibility index (Phi) is 27.7. The lowest BCUT2D eigenvalue weighted by Crippen LogP contribution is -2.32. The third-order valence-corrected chi connectivity index (χ3v) is 5.59. The van der Waals surface area contributed by atoms with E-state index in [1.807, 2.05) is 0 Å². The average Bonchev–Trinajstić information content (AvgIpc) is 2.80. The van der Waals surface area contributed by atoms with Crippen LogP contribution in [0.4, 0.5) is 0 Å². The Labute approximate surface area is 204 Å². The van der Waals surface area contributed by atoms with E-state index in [4.69, 9.17) is 24.1 Å². The maximum absolute atomic E-state index is 9.22. The van der Waals surface area contributed by atoms with Gasteiger partial charge in [-0.15, -0.1) is 0 Å². The van der Waals surface area contributed by atoms with E-state index >= 15 is 0 Å². The van der Waals surface area contributed by atoms with Crippen LogP contribution in [0.15, 0.2) is 0 Å². The van der Waals surface area contributed by atoms with E-state index in [-0.39, 0.29) is 12.7 Å². The molecule has 7 nitrogen and oxygen atoms in total. The van der Waals surface area contributed by atoms with E-state index in [0.29, 0.717) is 59.3 Å². The molecule has 0 aliphatic rings. The molecular weight excluding hydrogens is 422 g/mol. The Bertz CT molecular complexity index is 360. The lowest BCUT2D eigenvalue weighted by atomic mass is 10.1. The minimum atomic E-state index is -0.311. The topological polar surface area (TPSA) is 80.6 Å². The first kappa shape index (κ1) is 32.7. The smallest absolute Gasteiger partial charge is 0.0701 e. The molecule has 33 heavy (non-hydrogen) atoms. The fourth-order valence-corrected chi connectivity index (χ4v) is 3.51. The van der Waals surface area contributed by atoms with Crippen molar-refractivity contribution in [3.63, 3.8) is 0 Å². The zero-order valence-corrected chi connectivity index (χ0v) is 21.8. The van der Waals surface area contributed by atoms with Crippen LogP contribution in [0.1, 0.15) is 84.5 Å². The van der Waals surface area contributed by atoms with Gasteiger partial charge in [0, 0.05) is 19.7 Å². The SMILES string of the molecule is CCCCCCCCCCCCN(CCOCCOCCO)CCOCCOCCC(C)O. The van der Waals surface area contributed by atoms with Crippen molar-refractivity contribution >= 4 is 0 Å². The van der Waals surface area contributed by atoms with Gasteiger partial charge in [-0.1, -0.05) is 64.7 Å². The van der Waals surface area contributed by atoms with Crippen molar-refractivity contribution < 1.29 is 29.2 Å². The maximum atomic E-state index is 9.22. The molecule has 0 aromatic heterocycles. The van der Waals surface area contributed by atoms with Crippen molar-refractivity contribution in [2.24, 2.45) is 0 Å². The molecule has 0 amide bonds. The van der Waals surface area contributed by atoms with Crippen LogP contribution >= 0.6 is 0 Å². The highest BCUT2D eigenvalue weighted by Crippen LogP contribution is 2.10. The third-order valence-electron chi connectivity index (χ3n) is 5.59. The quantitative estimate of drug-likeness (QED) is 0.165. The van der Waals surface area contributed by atoms with E-state index in [1.165, 1.54) is 64.2 Å². The summed E-state index contributed by atoms with van der Waals surface area (Å²) in [6.45, 7) is 11.5. The number of rotatable bonds is 28. The number of hydrogen-bond acceptors (Lipinski definition) is 7. The van der Waals surface area contributed by atoms with Gasteiger partial charge in [0.25, 0.3) is 0 Å². The Morgan fingerprint density at radius 2 is 1.03 bits per heavy atom. The molecule has 0 aliphatic carbocycles. The highest BCUT2D eigenvalue weighted by molar-refractivity contribution is 4.59. The van der Waals surface area contributed by atoms with E-state index in [9.17, 15) is 5.11 Å². The van der Waals surface area contributed by atoms with Crippen LogP contribution in [0.2, 0.25) is 0 Å². The summed E-state index contributed by atoms with van der Waals surface area (Å²) in [5.74, 6) is 0. The summed E-state index contributed by atoms with van der Waals surface area (Å²) in [4.78, 5) is 2.42. The van der Waals surface area contributed by atoms with E-state index < -0.39 is 0 Å². The van der Waals surface area contributed by atoms with Gasteiger partial charge < -0.3 is 29.2 Å². The predicted molar refractivity (Wildman–Crippen MR) is 135 cm³/mol. The van der Waals surface area contributed by atoms with Crippen molar-refractivity contribution in [2.45, 2.75) is 90.6 Å². The van der Waals surface area contributed by atoms with Crippen molar-refractivity contribution in [3.8, 4) is 0 Å². The molecular formula is C26H55NO6. The molecule has 0 aromatic rings. The molecule has 0 fully saturated rings. The van der Waals surface area contributed by atoms with Crippen LogP contribution in [0.3, 0.4) is 0 Å². The predicted octanol–water partition coefficient (Wildman–Crippen LogP) is 4.04. The lowest BCUT2D eigenvalue weighted by molar-refractivity contribution is 0.0151. The molecule has 0 aromatic carbocycles. The summed E-state index contributed by atoms with van der Waals surface area (Å²) in [6.07, 6.45) is 13.8. The number of ether oxygens (including phenoxy) is 4. The molecule has 0 spiro atoms. The van der Waals surface area contributed by atoms with Crippen molar-refractivity contribution in [1.82, 2.24) is 4.90 Å². The minimum Gasteiger partial charge on any atom is -0.394 e. The summed E-state index contributed by atoms with van der Waals surface area (Å²) >= 11 is 0. The minimum absolute atomic E-state index is 0.0538. The Hall–Kier alpha value is -0.280. The third kappa shape index (κ3) is 27.8. The van der Waals surface area contributed by atoms with Gasteiger partial charge in [0.15, 0.2) is 0 Å². The Balaban J connectivity index is 3.84. The average molecular weight is 478 g/mol. The Morgan fingerprint density at radius 3 is 1.52 bits per heavy atom. The molecule has 7 heteroatoms. The molecule has 200 valence electrons. The molecule has 0 radical (unpaired) electrons. The number of hydrogen-bond donors (Lipinski definition) is 2. The van der Waals surface area contributed by atoms with Gasteiger partial charge in [0.05, 0.1) is 59.0 Å². The molecule has 0 saturated carbocycles. The standard InChI is InChI=1S/C26H55NO6/c1-3-4-5-6-7-8-9-10-11-12-14-27(16-20-32-24-25-33-21-17-28)15-19-31-23-22-30-18-13-26(2)29/h26,28-29H,3-25H2,1-2H3. The van der Waals surface area contributed by atoms with Crippen LogP contribution in [0.25, 0.3) is 0 Å². The van der Waals surface area contributed by atoms with Crippen LogP contribution in [-0.4, -0.2) is 100 Å². The lowest BCUT2D eigenvalue weighted by Gasteiger charge is -2.22. The van der Waals surface area contributed by atoms with Crippen molar-refractivity contribution in [1.29, 1.82) is 0 Å². The highest BCUT2D eigenvalue weighted by atomic mass is 16.5. The number of nitrogens with zero attached hydrogens (tertiary/aromatic N) is 1. The number of aliphatic hydroxyl groups is 2. The summed E-state index contributed by atoms with van der Waals surface area (Å²) < 4.78 is 22.1. The van der Waals surface area contributed by atoms with Crippen LogP contribution in [-0.2, 0) is 18.9 Å². The molecule has 1 atom stereocenters.